The molecule has 0 saturated carbocycles. The zero-order valence-electron chi connectivity index (χ0n) is 10.5. The molecule has 15 heavy (non-hydrogen) atoms. The average Bonchev–Trinajstić information content (AvgIpc) is 2.04. The van der Waals surface area contributed by atoms with Crippen molar-refractivity contribution in [1.29, 1.82) is 0 Å². The van der Waals surface area contributed by atoms with Gasteiger partial charge >= 0.3 is 8.80 Å². The molecule has 0 N–H and O–H groups in total. The first kappa shape index (κ1) is 17.6. The van der Waals surface area contributed by atoms with E-state index < -0.39 is 8.80 Å². The maximum absolute atomic E-state index is 11.3. The summed E-state index contributed by atoms with van der Waals surface area (Å²) < 4.78 is 15.9. The van der Waals surface area contributed by atoms with E-state index in [0.29, 0.717) is 19.6 Å². The van der Waals surface area contributed by atoms with Crippen LogP contribution < -0.4 is 0 Å². The predicted octanol–water partition coefficient (Wildman–Crippen LogP) is 1.59. The Kier molecular flexibility index (Phi) is 11.1. The number of carbonyl (C=O) groups excluding carboxylic acids is 1. The molecule has 0 aromatic heterocycles. The zero-order valence-corrected chi connectivity index (χ0v) is 11.5. The Labute approximate surface area is 105 Å². The second-order valence-electron chi connectivity index (χ2n) is 2.95. The van der Waals surface area contributed by atoms with Crippen LogP contribution in [0.5, 0.6) is 0 Å². The third kappa shape index (κ3) is 8.06. The van der Waals surface area contributed by atoms with E-state index in [1.807, 2.05) is 20.8 Å². The number of hydrogen-bond acceptors (Lipinski definition) is 4. The SMILES string of the molecule is CCCC(=O)O[Si](C)(OCC)OCC.[Li]. The molecule has 4 nitrogen and oxygen atoms in total. The molecule has 0 rings (SSSR count). The van der Waals surface area contributed by atoms with Crippen LogP contribution in [0.2, 0.25) is 6.55 Å². The molecule has 0 bridgehead atoms. The quantitative estimate of drug-likeness (QED) is 0.620. The largest absolute Gasteiger partial charge is 0.564 e. The van der Waals surface area contributed by atoms with Crippen LogP contribution in [0.15, 0.2) is 0 Å². The molecule has 0 aromatic rings. The molecule has 85 valence electrons. The minimum Gasteiger partial charge on any atom is -0.473 e. The first-order chi connectivity index (χ1) is 6.58. The van der Waals surface area contributed by atoms with Gasteiger partial charge < -0.3 is 13.3 Å². The van der Waals surface area contributed by atoms with Crippen molar-refractivity contribution in [2.75, 3.05) is 13.2 Å². The third-order valence-electron chi connectivity index (χ3n) is 1.57. The molecule has 0 aromatic carbocycles. The Balaban J connectivity index is 0. The van der Waals surface area contributed by atoms with Gasteiger partial charge in [0.05, 0.1) is 0 Å². The van der Waals surface area contributed by atoms with Gasteiger partial charge in [-0.2, -0.15) is 0 Å². The molecule has 6 heteroatoms. The summed E-state index contributed by atoms with van der Waals surface area (Å²) >= 11 is 0. The molecule has 0 amide bonds. The summed E-state index contributed by atoms with van der Waals surface area (Å²) in [7, 11) is -2.70. The van der Waals surface area contributed by atoms with Crippen LogP contribution in [0.3, 0.4) is 0 Å². The molecule has 0 aliphatic heterocycles. The summed E-state index contributed by atoms with van der Waals surface area (Å²) in [6, 6.07) is 0. The van der Waals surface area contributed by atoms with Crippen LogP contribution in [-0.4, -0.2) is 46.8 Å². The summed E-state index contributed by atoms with van der Waals surface area (Å²) in [5.74, 6) is -0.233. The molecular weight excluding hydrogens is 207 g/mol. The van der Waals surface area contributed by atoms with Gasteiger partial charge in [-0.25, -0.2) is 0 Å². The van der Waals surface area contributed by atoms with Gasteiger partial charge in [-0.05, 0) is 20.3 Å². The molecule has 0 fully saturated rings. The smallest absolute Gasteiger partial charge is 0.473 e. The van der Waals surface area contributed by atoms with Gasteiger partial charge in [0.2, 0.25) is 0 Å². The van der Waals surface area contributed by atoms with Crippen molar-refractivity contribution in [2.45, 2.75) is 40.2 Å². The Morgan fingerprint density at radius 1 is 1.13 bits per heavy atom. The molecule has 0 aliphatic carbocycles. The predicted molar refractivity (Wildman–Crippen MR) is 61.6 cm³/mol. The van der Waals surface area contributed by atoms with Gasteiger partial charge in [-0.1, -0.05) is 6.92 Å². The van der Waals surface area contributed by atoms with Crippen molar-refractivity contribution in [3.8, 4) is 0 Å². The Bertz CT molecular complexity index is 171. The second kappa shape index (κ2) is 9.43. The molecule has 0 saturated heterocycles. The van der Waals surface area contributed by atoms with Crippen molar-refractivity contribution in [3.05, 3.63) is 0 Å². The number of rotatable bonds is 7. The van der Waals surface area contributed by atoms with Gasteiger partial charge in [0.15, 0.2) is 0 Å². The second-order valence-corrected chi connectivity index (χ2v) is 5.46. The van der Waals surface area contributed by atoms with Gasteiger partial charge in [-0.3, -0.25) is 4.79 Å². The Hall–Kier alpha value is 0.204. The minimum absolute atomic E-state index is 0. The van der Waals surface area contributed by atoms with Gasteiger partial charge in [0.25, 0.3) is 5.97 Å². The number of hydrogen-bond donors (Lipinski definition) is 0. The van der Waals surface area contributed by atoms with Gasteiger partial charge in [0.1, 0.15) is 0 Å². The summed E-state index contributed by atoms with van der Waals surface area (Å²) in [5.41, 5.74) is 0. The van der Waals surface area contributed by atoms with Crippen LogP contribution >= 0.6 is 0 Å². The molecule has 0 atom stereocenters. The van der Waals surface area contributed by atoms with E-state index in [0.717, 1.165) is 6.42 Å². The molecule has 1 radical (unpaired) electrons. The van der Waals surface area contributed by atoms with Gasteiger partial charge in [-0.15, -0.1) is 0 Å². The standard InChI is InChI=1S/C9H20O4Si.Li/c1-5-8-9(10)13-14(4,11-6-2)12-7-3;/h5-8H2,1-4H3;. The Morgan fingerprint density at radius 3 is 1.93 bits per heavy atom. The fourth-order valence-electron chi connectivity index (χ4n) is 1.09. The Morgan fingerprint density at radius 2 is 1.60 bits per heavy atom. The van der Waals surface area contributed by atoms with E-state index in [-0.39, 0.29) is 24.8 Å². The maximum atomic E-state index is 11.3. The molecule has 0 aliphatic rings. The van der Waals surface area contributed by atoms with Crippen LogP contribution in [0.25, 0.3) is 0 Å². The average molecular weight is 227 g/mol. The van der Waals surface area contributed by atoms with Crippen molar-refractivity contribution < 1.29 is 18.1 Å². The van der Waals surface area contributed by atoms with Crippen LogP contribution in [0.1, 0.15) is 33.6 Å². The van der Waals surface area contributed by atoms with E-state index in [4.69, 9.17) is 13.3 Å². The van der Waals surface area contributed by atoms with E-state index in [9.17, 15) is 4.79 Å². The van der Waals surface area contributed by atoms with Crippen LogP contribution in [0.4, 0.5) is 0 Å². The van der Waals surface area contributed by atoms with Crippen LogP contribution in [-0.2, 0) is 18.1 Å². The topological polar surface area (TPSA) is 44.8 Å². The van der Waals surface area contributed by atoms with Crippen LogP contribution in [0, 0.1) is 0 Å². The van der Waals surface area contributed by atoms with E-state index in [1.165, 1.54) is 0 Å². The fraction of sp³-hybridized carbons (Fsp3) is 0.889. The number of carbonyl (C=O) groups is 1. The molecule has 0 spiro atoms. The molecule has 0 unspecified atom stereocenters. The minimum atomic E-state index is -2.70. The summed E-state index contributed by atoms with van der Waals surface area (Å²) in [6.07, 6.45) is 1.20. The molecular formula is C9H20LiO4Si. The van der Waals surface area contributed by atoms with Gasteiger partial charge in [0, 0.05) is 45.0 Å². The van der Waals surface area contributed by atoms with Crippen molar-refractivity contribution in [1.82, 2.24) is 0 Å². The summed E-state index contributed by atoms with van der Waals surface area (Å²) in [6.45, 7) is 8.40. The fourth-order valence-corrected chi connectivity index (χ4v) is 2.85. The monoisotopic (exact) mass is 227 g/mol. The normalized spacial score (nSPS) is 10.7. The van der Waals surface area contributed by atoms with Crippen molar-refractivity contribution >= 4 is 33.6 Å². The summed E-state index contributed by atoms with van der Waals surface area (Å²) in [4.78, 5) is 11.3. The summed E-state index contributed by atoms with van der Waals surface area (Å²) in [5, 5.41) is 0. The maximum Gasteiger partial charge on any atom is 0.564 e. The van der Waals surface area contributed by atoms with E-state index >= 15 is 0 Å². The molecule has 0 heterocycles. The van der Waals surface area contributed by atoms with Crippen molar-refractivity contribution in [2.24, 2.45) is 0 Å². The van der Waals surface area contributed by atoms with E-state index in [2.05, 4.69) is 0 Å². The first-order valence-electron chi connectivity index (χ1n) is 5.07. The van der Waals surface area contributed by atoms with E-state index in [1.54, 1.807) is 6.55 Å². The third-order valence-corrected chi connectivity index (χ3v) is 3.79. The first-order valence-corrected chi connectivity index (χ1v) is 7.30. The van der Waals surface area contributed by atoms with Crippen molar-refractivity contribution in [3.63, 3.8) is 0 Å². The zero-order chi connectivity index (χ0) is 11.0.